The van der Waals surface area contributed by atoms with Gasteiger partial charge in [-0.1, -0.05) is 6.07 Å². The third-order valence-corrected chi connectivity index (χ3v) is 5.62. The largest absolute Gasteiger partial charge is 0.379 e. The van der Waals surface area contributed by atoms with E-state index in [1.807, 2.05) is 19.9 Å². The van der Waals surface area contributed by atoms with Crippen molar-refractivity contribution in [3.05, 3.63) is 29.3 Å². The minimum absolute atomic E-state index is 0.303. The molecule has 1 amide bonds. The van der Waals surface area contributed by atoms with Gasteiger partial charge in [-0.15, -0.1) is 0 Å². The van der Waals surface area contributed by atoms with Crippen LogP contribution in [0.25, 0.3) is 0 Å². The molecular weight excluding hydrogens is 354 g/mol. The minimum atomic E-state index is -3.60. The topological polar surface area (TPSA) is 79.0 Å². The molecule has 1 fully saturated rings. The van der Waals surface area contributed by atoms with Crippen molar-refractivity contribution in [2.24, 2.45) is 0 Å². The summed E-state index contributed by atoms with van der Waals surface area (Å²) in [7, 11) is -3.60. The van der Waals surface area contributed by atoms with E-state index in [1.165, 1.54) is 4.31 Å². The van der Waals surface area contributed by atoms with Crippen molar-refractivity contribution in [1.82, 2.24) is 10.2 Å². The Kier molecular flexibility index (Phi) is 7.02. The summed E-state index contributed by atoms with van der Waals surface area (Å²) in [5.74, 6) is -0.303. The van der Waals surface area contributed by atoms with Crippen LogP contribution in [0.5, 0.6) is 0 Å². The molecule has 1 heterocycles. The standard InChI is InChI=1S/C18H29N3O4S/c1-14-11-15(2)13-17(12-14)21(26(4,23)24)16(3)18(22)19-5-6-20-7-9-25-10-8-20/h11-13,16H,5-10H2,1-4H3,(H,19,22). The molecular formula is C18H29N3O4S. The number of anilines is 1. The van der Waals surface area contributed by atoms with Gasteiger partial charge >= 0.3 is 0 Å². The lowest BCUT2D eigenvalue weighted by atomic mass is 10.1. The second kappa shape index (κ2) is 8.83. The molecule has 2 rings (SSSR count). The summed E-state index contributed by atoms with van der Waals surface area (Å²) in [4.78, 5) is 14.8. The van der Waals surface area contributed by atoms with Gasteiger partial charge in [0.05, 0.1) is 25.2 Å². The normalized spacial score (nSPS) is 16.9. The van der Waals surface area contributed by atoms with Crippen LogP contribution >= 0.6 is 0 Å². The lowest BCUT2D eigenvalue weighted by Gasteiger charge is -2.30. The predicted octanol–water partition coefficient (Wildman–Crippen LogP) is 0.906. The molecule has 7 nitrogen and oxygen atoms in total. The molecule has 0 saturated carbocycles. The molecule has 0 aromatic heterocycles. The van der Waals surface area contributed by atoms with Crippen LogP contribution in [0.1, 0.15) is 18.1 Å². The Morgan fingerprint density at radius 1 is 1.23 bits per heavy atom. The Morgan fingerprint density at radius 3 is 2.35 bits per heavy atom. The Hall–Kier alpha value is -1.64. The first-order chi connectivity index (χ1) is 12.2. The Labute approximate surface area is 156 Å². The van der Waals surface area contributed by atoms with Gasteiger partial charge in [0.25, 0.3) is 0 Å². The Bertz CT molecular complexity index is 710. The number of hydrogen-bond donors (Lipinski definition) is 1. The van der Waals surface area contributed by atoms with Gasteiger partial charge in [-0.05, 0) is 44.0 Å². The van der Waals surface area contributed by atoms with E-state index in [-0.39, 0.29) is 5.91 Å². The average molecular weight is 384 g/mol. The van der Waals surface area contributed by atoms with E-state index in [1.54, 1.807) is 19.1 Å². The minimum Gasteiger partial charge on any atom is -0.379 e. The molecule has 0 aliphatic carbocycles. The number of ether oxygens (including phenoxy) is 1. The van der Waals surface area contributed by atoms with Crippen molar-refractivity contribution in [2.45, 2.75) is 26.8 Å². The van der Waals surface area contributed by atoms with Crippen LogP contribution in [0.15, 0.2) is 18.2 Å². The van der Waals surface area contributed by atoms with Gasteiger partial charge in [0.2, 0.25) is 15.9 Å². The van der Waals surface area contributed by atoms with Crippen molar-refractivity contribution >= 4 is 21.6 Å². The van der Waals surface area contributed by atoms with E-state index in [4.69, 9.17) is 4.74 Å². The highest BCUT2D eigenvalue weighted by Gasteiger charge is 2.29. The van der Waals surface area contributed by atoms with Crippen molar-refractivity contribution < 1.29 is 17.9 Å². The van der Waals surface area contributed by atoms with Crippen LogP contribution in [-0.4, -0.2) is 70.9 Å². The van der Waals surface area contributed by atoms with Gasteiger partial charge in [-0.2, -0.15) is 0 Å². The van der Waals surface area contributed by atoms with E-state index < -0.39 is 16.1 Å². The highest BCUT2D eigenvalue weighted by molar-refractivity contribution is 7.92. The molecule has 0 spiro atoms. The van der Waals surface area contributed by atoms with Gasteiger partial charge in [-0.25, -0.2) is 8.42 Å². The molecule has 1 aliphatic rings. The van der Waals surface area contributed by atoms with E-state index in [0.29, 0.717) is 25.4 Å². The van der Waals surface area contributed by atoms with Crippen molar-refractivity contribution in [3.63, 3.8) is 0 Å². The number of sulfonamides is 1. The van der Waals surface area contributed by atoms with Gasteiger partial charge in [0.1, 0.15) is 6.04 Å². The maximum absolute atomic E-state index is 12.6. The van der Waals surface area contributed by atoms with Gasteiger partial charge in [0, 0.05) is 26.2 Å². The third-order valence-electron chi connectivity index (χ3n) is 4.38. The number of amides is 1. The molecule has 1 N–H and O–H groups in total. The number of morpholine rings is 1. The second-order valence-electron chi connectivity index (χ2n) is 6.83. The molecule has 0 radical (unpaired) electrons. The van der Waals surface area contributed by atoms with Crippen LogP contribution < -0.4 is 9.62 Å². The molecule has 1 aromatic carbocycles. The number of nitrogens with zero attached hydrogens (tertiary/aromatic N) is 2. The molecule has 0 bridgehead atoms. The molecule has 146 valence electrons. The second-order valence-corrected chi connectivity index (χ2v) is 8.69. The quantitative estimate of drug-likeness (QED) is 0.757. The van der Waals surface area contributed by atoms with Gasteiger partial charge < -0.3 is 10.1 Å². The fourth-order valence-corrected chi connectivity index (χ4v) is 4.35. The summed E-state index contributed by atoms with van der Waals surface area (Å²) in [5.41, 5.74) is 2.42. The number of aryl methyl sites for hydroxylation is 2. The molecule has 1 unspecified atom stereocenters. The molecule has 8 heteroatoms. The van der Waals surface area contributed by atoms with E-state index in [2.05, 4.69) is 10.2 Å². The molecule has 26 heavy (non-hydrogen) atoms. The predicted molar refractivity (Wildman–Crippen MR) is 103 cm³/mol. The number of benzene rings is 1. The summed E-state index contributed by atoms with van der Waals surface area (Å²) in [6, 6.07) is 4.71. The zero-order valence-corrected chi connectivity index (χ0v) is 16.8. The Morgan fingerprint density at radius 2 is 1.81 bits per heavy atom. The number of hydrogen-bond acceptors (Lipinski definition) is 5. The van der Waals surface area contributed by atoms with E-state index in [9.17, 15) is 13.2 Å². The van der Waals surface area contributed by atoms with Crippen LogP contribution in [-0.2, 0) is 19.6 Å². The van der Waals surface area contributed by atoms with Crippen molar-refractivity contribution in [3.8, 4) is 0 Å². The number of carbonyl (C=O) groups is 1. The van der Waals surface area contributed by atoms with Crippen LogP contribution in [0, 0.1) is 13.8 Å². The molecule has 1 aromatic rings. The van der Waals surface area contributed by atoms with Gasteiger partial charge in [-0.3, -0.25) is 14.0 Å². The Balaban J connectivity index is 2.06. The van der Waals surface area contributed by atoms with Crippen LogP contribution in [0.3, 0.4) is 0 Å². The molecule has 1 aliphatic heterocycles. The first-order valence-corrected chi connectivity index (χ1v) is 10.7. The van der Waals surface area contributed by atoms with Crippen LogP contribution in [0.4, 0.5) is 5.69 Å². The monoisotopic (exact) mass is 383 g/mol. The first-order valence-electron chi connectivity index (χ1n) is 8.84. The van der Waals surface area contributed by atoms with E-state index >= 15 is 0 Å². The zero-order chi connectivity index (χ0) is 19.3. The average Bonchev–Trinajstić information content (AvgIpc) is 2.53. The zero-order valence-electron chi connectivity index (χ0n) is 16.0. The number of carbonyl (C=O) groups excluding carboxylic acids is 1. The summed E-state index contributed by atoms with van der Waals surface area (Å²) >= 11 is 0. The smallest absolute Gasteiger partial charge is 0.243 e. The fourth-order valence-electron chi connectivity index (χ4n) is 3.20. The summed E-state index contributed by atoms with van der Waals surface area (Å²) < 4.78 is 31.2. The highest BCUT2D eigenvalue weighted by atomic mass is 32.2. The lowest BCUT2D eigenvalue weighted by Crippen LogP contribution is -2.49. The summed E-state index contributed by atoms with van der Waals surface area (Å²) in [5, 5.41) is 2.85. The lowest BCUT2D eigenvalue weighted by molar-refractivity contribution is -0.121. The van der Waals surface area contributed by atoms with Crippen LogP contribution in [0.2, 0.25) is 0 Å². The summed E-state index contributed by atoms with van der Waals surface area (Å²) in [6.07, 6.45) is 1.13. The molecule has 1 saturated heterocycles. The number of rotatable bonds is 7. The third kappa shape index (κ3) is 5.69. The summed E-state index contributed by atoms with van der Waals surface area (Å²) in [6.45, 7) is 9.75. The molecule has 1 atom stereocenters. The van der Waals surface area contributed by atoms with Crippen molar-refractivity contribution in [1.29, 1.82) is 0 Å². The maximum atomic E-state index is 12.6. The fraction of sp³-hybridized carbons (Fsp3) is 0.611. The maximum Gasteiger partial charge on any atom is 0.243 e. The van der Waals surface area contributed by atoms with Gasteiger partial charge in [0.15, 0.2) is 0 Å². The van der Waals surface area contributed by atoms with E-state index in [0.717, 1.165) is 37.0 Å². The van der Waals surface area contributed by atoms with Crippen molar-refractivity contribution in [2.75, 3.05) is 50.0 Å². The highest BCUT2D eigenvalue weighted by Crippen LogP contribution is 2.23. The SMILES string of the molecule is Cc1cc(C)cc(N(C(C)C(=O)NCCN2CCOCC2)S(C)(=O)=O)c1. The first kappa shape index (κ1) is 20.7. The number of nitrogens with one attached hydrogen (secondary N) is 1.